The van der Waals surface area contributed by atoms with E-state index in [1.54, 1.807) is 10.9 Å². The van der Waals surface area contributed by atoms with Gasteiger partial charge in [-0.2, -0.15) is 5.10 Å². The molecule has 3 aromatic rings. The second-order valence-electron chi connectivity index (χ2n) is 6.27. The molecule has 3 rings (SSSR count). The molecule has 134 valence electrons. The third-order valence-corrected chi connectivity index (χ3v) is 4.08. The maximum Gasteiger partial charge on any atom is 0.224 e. The molecule has 0 spiro atoms. The van der Waals surface area contributed by atoms with Gasteiger partial charge in [-0.1, -0.05) is 49.4 Å². The zero-order chi connectivity index (χ0) is 18.2. The van der Waals surface area contributed by atoms with E-state index in [0.717, 1.165) is 16.9 Å². The molecule has 1 aromatic heterocycles. The molecular weight excluding hydrogens is 326 g/mol. The molecule has 26 heavy (non-hydrogen) atoms. The van der Waals surface area contributed by atoms with E-state index in [2.05, 4.69) is 10.4 Å². The standard InChI is InChI=1S/C21H23N3O2/c1-17(15-24-12-6-11-23-24)21(25)22-14-19-9-5-10-20(13-19)26-16-18-7-3-2-4-8-18/h2-13,17H,14-16H2,1H3,(H,22,25). The summed E-state index contributed by atoms with van der Waals surface area (Å²) in [6, 6.07) is 19.7. The van der Waals surface area contributed by atoms with Crippen LogP contribution in [-0.2, 0) is 24.5 Å². The van der Waals surface area contributed by atoms with Gasteiger partial charge < -0.3 is 10.1 Å². The Morgan fingerprint density at radius 3 is 2.69 bits per heavy atom. The predicted molar refractivity (Wildman–Crippen MR) is 100 cm³/mol. The van der Waals surface area contributed by atoms with Crippen LogP contribution in [0.15, 0.2) is 73.1 Å². The van der Waals surface area contributed by atoms with Crippen LogP contribution in [0.1, 0.15) is 18.1 Å². The number of hydrogen-bond acceptors (Lipinski definition) is 3. The van der Waals surface area contributed by atoms with Crippen molar-refractivity contribution < 1.29 is 9.53 Å². The fourth-order valence-electron chi connectivity index (χ4n) is 2.62. The molecular formula is C21H23N3O2. The van der Waals surface area contributed by atoms with Crippen molar-refractivity contribution in [2.24, 2.45) is 5.92 Å². The summed E-state index contributed by atoms with van der Waals surface area (Å²) in [7, 11) is 0. The van der Waals surface area contributed by atoms with Crippen molar-refractivity contribution in [2.45, 2.75) is 26.6 Å². The third-order valence-electron chi connectivity index (χ3n) is 4.08. The molecule has 1 atom stereocenters. The summed E-state index contributed by atoms with van der Waals surface area (Å²) in [6.07, 6.45) is 3.57. The molecule has 5 nitrogen and oxygen atoms in total. The van der Waals surface area contributed by atoms with Gasteiger partial charge in [-0.15, -0.1) is 0 Å². The lowest BCUT2D eigenvalue weighted by Gasteiger charge is -2.13. The molecule has 1 heterocycles. The summed E-state index contributed by atoms with van der Waals surface area (Å²) in [5, 5.41) is 7.11. The van der Waals surface area contributed by atoms with Gasteiger partial charge in [-0.25, -0.2) is 0 Å². The van der Waals surface area contributed by atoms with Crippen molar-refractivity contribution >= 4 is 5.91 Å². The summed E-state index contributed by atoms with van der Waals surface area (Å²) in [4.78, 5) is 12.3. The Morgan fingerprint density at radius 1 is 1.12 bits per heavy atom. The van der Waals surface area contributed by atoms with Crippen LogP contribution in [-0.4, -0.2) is 15.7 Å². The number of benzene rings is 2. The highest BCUT2D eigenvalue weighted by atomic mass is 16.5. The maximum absolute atomic E-state index is 12.3. The molecule has 0 aliphatic rings. The Labute approximate surface area is 153 Å². The summed E-state index contributed by atoms with van der Waals surface area (Å²) in [5.74, 6) is 0.661. The van der Waals surface area contributed by atoms with Gasteiger partial charge in [0, 0.05) is 18.9 Å². The third kappa shape index (κ3) is 5.21. The average Bonchev–Trinajstić information content (AvgIpc) is 3.18. The molecule has 1 N–H and O–H groups in total. The number of amides is 1. The highest BCUT2D eigenvalue weighted by molar-refractivity contribution is 5.78. The monoisotopic (exact) mass is 349 g/mol. The van der Waals surface area contributed by atoms with Gasteiger partial charge in [0.2, 0.25) is 5.91 Å². The van der Waals surface area contributed by atoms with E-state index in [1.807, 2.05) is 73.8 Å². The predicted octanol–water partition coefficient (Wildman–Crippen LogP) is 3.41. The number of ether oxygens (including phenoxy) is 1. The first-order valence-electron chi connectivity index (χ1n) is 8.71. The largest absolute Gasteiger partial charge is 0.489 e. The number of carbonyl (C=O) groups excluding carboxylic acids is 1. The molecule has 0 fully saturated rings. The Balaban J connectivity index is 1.49. The number of rotatable bonds is 8. The van der Waals surface area contributed by atoms with Gasteiger partial charge in [0.05, 0.1) is 12.5 Å². The summed E-state index contributed by atoms with van der Waals surface area (Å²) in [6.45, 7) is 3.47. The van der Waals surface area contributed by atoms with Crippen molar-refractivity contribution in [1.82, 2.24) is 15.1 Å². The zero-order valence-electron chi connectivity index (χ0n) is 14.8. The van der Waals surface area contributed by atoms with Crippen LogP contribution in [0.5, 0.6) is 5.75 Å². The average molecular weight is 349 g/mol. The lowest BCUT2D eigenvalue weighted by Crippen LogP contribution is -2.31. The Morgan fingerprint density at radius 2 is 1.92 bits per heavy atom. The fourth-order valence-corrected chi connectivity index (χ4v) is 2.62. The lowest BCUT2D eigenvalue weighted by atomic mass is 10.1. The summed E-state index contributed by atoms with van der Waals surface area (Å²) in [5.41, 5.74) is 2.13. The van der Waals surface area contributed by atoms with Crippen molar-refractivity contribution in [3.05, 3.63) is 84.2 Å². The van der Waals surface area contributed by atoms with E-state index in [9.17, 15) is 4.79 Å². The van der Waals surface area contributed by atoms with Gasteiger partial charge >= 0.3 is 0 Å². The molecule has 0 aliphatic heterocycles. The zero-order valence-corrected chi connectivity index (χ0v) is 14.8. The molecule has 1 unspecified atom stereocenters. The molecule has 1 amide bonds. The van der Waals surface area contributed by atoms with Crippen molar-refractivity contribution in [1.29, 1.82) is 0 Å². The molecule has 0 saturated carbocycles. The van der Waals surface area contributed by atoms with Crippen LogP contribution in [0, 0.1) is 5.92 Å². The highest BCUT2D eigenvalue weighted by Gasteiger charge is 2.13. The molecule has 0 saturated heterocycles. The lowest BCUT2D eigenvalue weighted by molar-refractivity contribution is -0.125. The number of aromatic nitrogens is 2. The van der Waals surface area contributed by atoms with Gasteiger partial charge in [-0.05, 0) is 29.3 Å². The summed E-state index contributed by atoms with van der Waals surface area (Å²) >= 11 is 0. The second kappa shape index (κ2) is 8.85. The Bertz CT molecular complexity index is 816. The summed E-state index contributed by atoms with van der Waals surface area (Å²) < 4.78 is 7.60. The van der Waals surface area contributed by atoms with Gasteiger partial charge in [0.25, 0.3) is 0 Å². The molecule has 2 aromatic carbocycles. The Hall–Kier alpha value is -3.08. The van der Waals surface area contributed by atoms with Gasteiger partial charge in [0.1, 0.15) is 12.4 Å². The minimum absolute atomic E-state index is 0.0103. The van der Waals surface area contributed by atoms with Crippen molar-refractivity contribution in [3.63, 3.8) is 0 Å². The van der Waals surface area contributed by atoms with Crippen LogP contribution in [0.2, 0.25) is 0 Å². The van der Waals surface area contributed by atoms with E-state index < -0.39 is 0 Å². The van der Waals surface area contributed by atoms with E-state index in [-0.39, 0.29) is 11.8 Å². The maximum atomic E-state index is 12.3. The molecule has 0 bridgehead atoms. The normalized spacial score (nSPS) is 11.7. The molecule has 0 radical (unpaired) electrons. The highest BCUT2D eigenvalue weighted by Crippen LogP contribution is 2.15. The van der Waals surface area contributed by atoms with Crippen LogP contribution in [0.3, 0.4) is 0 Å². The minimum atomic E-state index is -0.146. The SMILES string of the molecule is CC(Cn1cccn1)C(=O)NCc1cccc(OCc2ccccc2)c1. The number of nitrogens with zero attached hydrogens (tertiary/aromatic N) is 2. The van der Waals surface area contributed by atoms with Crippen LogP contribution in [0.25, 0.3) is 0 Å². The number of carbonyl (C=O) groups is 1. The minimum Gasteiger partial charge on any atom is -0.489 e. The number of nitrogens with one attached hydrogen (secondary N) is 1. The number of hydrogen-bond donors (Lipinski definition) is 1. The van der Waals surface area contributed by atoms with Gasteiger partial charge in [0.15, 0.2) is 0 Å². The smallest absolute Gasteiger partial charge is 0.224 e. The first kappa shape index (κ1) is 17.7. The molecule has 5 heteroatoms. The quantitative estimate of drug-likeness (QED) is 0.678. The van der Waals surface area contributed by atoms with Crippen molar-refractivity contribution in [3.8, 4) is 5.75 Å². The van der Waals surface area contributed by atoms with Crippen LogP contribution < -0.4 is 10.1 Å². The van der Waals surface area contributed by atoms with Crippen molar-refractivity contribution in [2.75, 3.05) is 0 Å². The Kier molecular flexibility index (Phi) is 6.04. The topological polar surface area (TPSA) is 56.2 Å². The fraction of sp³-hybridized carbons (Fsp3) is 0.238. The van der Waals surface area contributed by atoms with E-state index in [4.69, 9.17) is 4.74 Å². The van der Waals surface area contributed by atoms with E-state index >= 15 is 0 Å². The van der Waals surface area contributed by atoms with E-state index in [0.29, 0.717) is 19.7 Å². The van der Waals surface area contributed by atoms with E-state index in [1.165, 1.54) is 0 Å². The van der Waals surface area contributed by atoms with Gasteiger partial charge in [-0.3, -0.25) is 9.48 Å². The van der Waals surface area contributed by atoms with Crippen LogP contribution >= 0.6 is 0 Å². The first-order chi connectivity index (χ1) is 12.7. The first-order valence-corrected chi connectivity index (χ1v) is 8.71. The van der Waals surface area contributed by atoms with Crippen LogP contribution in [0.4, 0.5) is 0 Å². The molecule has 0 aliphatic carbocycles. The second-order valence-corrected chi connectivity index (χ2v) is 6.27.